The van der Waals surface area contributed by atoms with Crippen molar-refractivity contribution in [2.75, 3.05) is 13.2 Å². The second-order valence-corrected chi connectivity index (χ2v) is 22.7. The van der Waals surface area contributed by atoms with E-state index >= 15 is 0 Å². The van der Waals surface area contributed by atoms with Crippen molar-refractivity contribution in [3.05, 3.63) is 72.9 Å². The van der Waals surface area contributed by atoms with Gasteiger partial charge in [0.05, 0.1) is 0 Å². The van der Waals surface area contributed by atoms with Gasteiger partial charge in [0, 0.05) is 19.3 Å². The summed E-state index contributed by atoms with van der Waals surface area (Å²) in [4.78, 5) is 38.2. The lowest BCUT2D eigenvalue weighted by atomic mass is 10.0. The highest BCUT2D eigenvalue weighted by atomic mass is 16.6. The van der Waals surface area contributed by atoms with Gasteiger partial charge in [0.25, 0.3) is 0 Å². The molecule has 1 unspecified atom stereocenters. The zero-order valence-corrected chi connectivity index (χ0v) is 51.9. The van der Waals surface area contributed by atoms with Gasteiger partial charge in [-0.15, -0.1) is 0 Å². The van der Waals surface area contributed by atoms with Gasteiger partial charge in [-0.05, 0) is 89.9 Å². The fourth-order valence-corrected chi connectivity index (χ4v) is 9.88. The molecule has 0 amide bonds. The van der Waals surface area contributed by atoms with Crippen LogP contribution in [0.25, 0.3) is 0 Å². The second kappa shape index (κ2) is 66.4. The van der Waals surface area contributed by atoms with Crippen LogP contribution in [0.3, 0.4) is 0 Å². The first-order valence-corrected chi connectivity index (χ1v) is 33.9. The molecule has 0 radical (unpaired) electrons. The quantitative estimate of drug-likeness (QED) is 0.0261. The third-order valence-electron chi connectivity index (χ3n) is 14.9. The number of carbonyl (C=O) groups excluding carboxylic acids is 3. The number of carbonyl (C=O) groups is 3. The van der Waals surface area contributed by atoms with Crippen molar-refractivity contribution in [1.29, 1.82) is 0 Å². The standard InChI is InChI=1S/C72H128O6/c1-4-7-10-13-16-19-21-23-25-27-29-31-32-33-34-35-36-37-38-39-40-42-43-45-47-49-51-53-56-59-62-65-71(74)77-68-69(67-76-70(73)64-61-58-55-18-15-12-9-6-3)78-72(75)66-63-60-57-54-52-50-48-46-44-41-30-28-26-24-22-20-17-14-11-8-5-2/h8,11,17,20,24,26-27,29-30,41,46,48,69H,4-7,9-10,12-16,18-19,21-23,25,28,31-40,42-45,47,49-68H2,1-3H3/b11-8-,20-17-,26-24-,29-27-,41-30-,48-46-. The molecule has 6 nitrogen and oxygen atoms in total. The monoisotopic (exact) mass is 1090 g/mol. The number of allylic oxidation sites excluding steroid dienone is 12. The van der Waals surface area contributed by atoms with Crippen molar-refractivity contribution in [3.8, 4) is 0 Å². The lowest BCUT2D eigenvalue weighted by Crippen LogP contribution is -2.30. The molecule has 78 heavy (non-hydrogen) atoms. The van der Waals surface area contributed by atoms with Crippen LogP contribution in [0, 0.1) is 0 Å². The molecule has 1 atom stereocenters. The lowest BCUT2D eigenvalue weighted by molar-refractivity contribution is -0.167. The van der Waals surface area contributed by atoms with Gasteiger partial charge in [-0.25, -0.2) is 0 Å². The van der Waals surface area contributed by atoms with Gasteiger partial charge in [-0.2, -0.15) is 0 Å². The topological polar surface area (TPSA) is 78.9 Å². The van der Waals surface area contributed by atoms with E-state index in [0.717, 1.165) is 109 Å². The Kier molecular flexibility index (Phi) is 63.7. The van der Waals surface area contributed by atoms with Crippen LogP contribution in [0.2, 0.25) is 0 Å². The molecule has 0 N–H and O–H groups in total. The van der Waals surface area contributed by atoms with E-state index in [0.29, 0.717) is 19.3 Å². The Balaban J connectivity index is 4.09. The summed E-state index contributed by atoms with van der Waals surface area (Å²) >= 11 is 0. The molecule has 0 heterocycles. The van der Waals surface area contributed by atoms with Crippen LogP contribution in [-0.2, 0) is 28.6 Å². The van der Waals surface area contributed by atoms with E-state index < -0.39 is 6.10 Å². The van der Waals surface area contributed by atoms with Crippen LogP contribution in [0.5, 0.6) is 0 Å². The maximum atomic E-state index is 12.9. The molecule has 0 spiro atoms. The van der Waals surface area contributed by atoms with E-state index in [1.807, 2.05) is 0 Å². The first-order chi connectivity index (χ1) is 38.5. The highest BCUT2D eigenvalue weighted by Crippen LogP contribution is 2.17. The molecular weight excluding hydrogens is 961 g/mol. The maximum Gasteiger partial charge on any atom is 0.306 e. The van der Waals surface area contributed by atoms with Gasteiger partial charge in [-0.1, -0.05) is 312 Å². The average Bonchev–Trinajstić information content (AvgIpc) is 3.44. The Labute approximate surface area is 484 Å². The zero-order chi connectivity index (χ0) is 56.4. The third kappa shape index (κ3) is 63.7. The molecule has 0 aliphatic rings. The predicted octanol–water partition coefficient (Wildman–Crippen LogP) is 23.3. The zero-order valence-electron chi connectivity index (χ0n) is 51.9. The van der Waals surface area contributed by atoms with Crippen molar-refractivity contribution < 1.29 is 28.6 Å². The van der Waals surface area contributed by atoms with E-state index in [4.69, 9.17) is 14.2 Å². The molecule has 0 saturated heterocycles. The fourth-order valence-electron chi connectivity index (χ4n) is 9.88. The van der Waals surface area contributed by atoms with Crippen LogP contribution < -0.4 is 0 Å². The highest BCUT2D eigenvalue weighted by Gasteiger charge is 2.19. The average molecular weight is 1090 g/mol. The molecule has 0 saturated carbocycles. The normalized spacial score (nSPS) is 12.5. The van der Waals surface area contributed by atoms with E-state index in [9.17, 15) is 14.4 Å². The van der Waals surface area contributed by atoms with Crippen LogP contribution in [-0.4, -0.2) is 37.2 Å². The summed E-state index contributed by atoms with van der Waals surface area (Å²) in [6, 6.07) is 0. The second-order valence-electron chi connectivity index (χ2n) is 22.7. The first-order valence-electron chi connectivity index (χ1n) is 33.9. The maximum absolute atomic E-state index is 12.9. The molecule has 0 fully saturated rings. The minimum Gasteiger partial charge on any atom is -0.462 e. The Morgan fingerprint density at radius 3 is 0.795 bits per heavy atom. The van der Waals surface area contributed by atoms with Crippen LogP contribution in [0.15, 0.2) is 72.9 Å². The summed E-state index contributed by atoms with van der Waals surface area (Å²) in [7, 11) is 0. The van der Waals surface area contributed by atoms with Crippen molar-refractivity contribution in [2.45, 2.75) is 354 Å². The van der Waals surface area contributed by atoms with E-state index in [2.05, 4.69) is 93.7 Å². The van der Waals surface area contributed by atoms with Crippen LogP contribution >= 0.6 is 0 Å². The Hall–Kier alpha value is -3.15. The minimum atomic E-state index is -0.783. The van der Waals surface area contributed by atoms with Crippen LogP contribution in [0.4, 0.5) is 0 Å². The predicted molar refractivity (Wildman–Crippen MR) is 339 cm³/mol. The summed E-state index contributed by atoms with van der Waals surface area (Å²) in [5.74, 6) is -0.888. The van der Waals surface area contributed by atoms with E-state index in [1.54, 1.807) is 0 Å². The van der Waals surface area contributed by atoms with Crippen molar-refractivity contribution in [3.63, 3.8) is 0 Å². The number of esters is 3. The molecule has 6 heteroatoms. The largest absolute Gasteiger partial charge is 0.462 e. The minimum absolute atomic E-state index is 0.0799. The molecule has 0 aliphatic heterocycles. The highest BCUT2D eigenvalue weighted by molar-refractivity contribution is 5.71. The summed E-state index contributed by atoms with van der Waals surface area (Å²) in [6.07, 6.45) is 86.7. The number of hydrogen-bond acceptors (Lipinski definition) is 6. The van der Waals surface area contributed by atoms with E-state index in [-0.39, 0.29) is 31.1 Å². The van der Waals surface area contributed by atoms with Crippen molar-refractivity contribution >= 4 is 17.9 Å². The molecular formula is C72H128O6. The molecule has 0 aromatic carbocycles. The summed E-state index contributed by atoms with van der Waals surface area (Å²) in [5, 5.41) is 0. The summed E-state index contributed by atoms with van der Waals surface area (Å²) in [5.41, 5.74) is 0. The van der Waals surface area contributed by atoms with Gasteiger partial charge in [0.1, 0.15) is 13.2 Å². The number of unbranched alkanes of at least 4 members (excludes halogenated alkanes) is 39. The molecule has 0 aromatic rings. The van der Waals surface area contributed by atoms with E-state index in [1.165, 1.54) is 199 Å². The first kappa shape index (κ1) is 74.8. The lowest BCUT2D eigenvalue weighted by Gasteiger charge is -2.18. The van der Waals surface area contributed by atoms with Gasteiger partial charge in [0.15, 0.2) is 6.10 Å². The Bertz CT molecular complexity index is 1440. The smallest absolute Gasteiger partial charge is 0.306 e. The Morgan fingerprint density at radius 2 is 0.500 bits per heavy atom. The molecule has 0 bridgehead atoms. The van der Waals surface area contributed by atoms with Gasteiger partial charge in [0.2, 0.25) is 0 Å². The molecule has 0 aromatic heterocycles. The SMILES string of the molecule is CC/C=C\C/C=C\C/C=C\C/C=C\C/C=C\CCCCCCCC(=O)OC(COC(=O)CCCCCCCCCC)COC(=O)CCCCCCCCCCCCCCCCCCCCC/C=C\CCCCCCCCCC. The summed E-state index contributed by atoms with van der Waals surface area (Å²) in [6.45, 7) is 6.52. The number of hydrogen-bond donors (Lipinski definition) is 0. The van der Waals surface area contributed by atoms with Gasteiger partial charge < -0.3 is 14.2 Å². The van der Waals surface area contributed by atoms with Gasteiger partial charge >= 0.3 is 17.9 Å². The number of ether oxygens (including phenoxy) is 3. The van der Waals surface area contributed by atoms with Crippen molar-refractivity contribution in [2.24, 2.45) is 0 Å². The Morgan fingerprint density at radius 1 is 0.269 bits per heavy atom. The fraction of sp³-hybridized carbons (Fsp3) is 0.792. The summed E-state index contributed by atoms with van der Waals surface area (Å²) < 4.78 is 16.9. The molecule has 452 valence electrons. The number of rotatable bonds is 62. The van der Waals surface area contributed by atoms with Crippen LogP contribution in [0.1, 0.15) is 348 Å². The van der Waals surface area contributed by atoms with Gasteiger partial charge in [-0.3, -0.25) is 14.4 Å². The van der Waals surface area contributed by atoms with Crippen molar-refractivity contribution in [1.82, 2.24) is 0 Å². The molecule has 0 aliphatic carbocycles. The third-order valence-corrected chi connectivity index (χ3v) is 14.9. The molecule has 0 rings (SSSR count).